The topological polar surface area (TPSA) is 92.3 Å². The van der Waals surface area contributed by atoms with Gasteiger partial charge in [0.2, 0.25) is 0 Å². The molecule has 0 bridgehead atoms. The van der Waals surface area contributed by atoms with Crippen molar-refractivity contribution in [3.8, 4) is 0 Å². The first-order valence-corrected chi connectivity index (χ1v) is 6.43. The molecule has 1 unspecified atom stereocenters. The van der Waals surface area contributed by atoms with Crippen molar-refractivity contribution >= 4 is 12.0 Å². The third-order valence-electron chi connectivity index (χ3n) is 3.43. The van der Waals surface area contributed by atoms with E-state index in [0.29, 0.717) is 6.01 Å². The number of piperidine rings is 1. The summed E-state index contributed by atoms with van der Waals surface area (Å²) in [7, 11) is 0. The van der Waals surface area contributed by atoms with Crippen LogP contribution in [0, 0.1) is 0 Å². The molecule has 0 saturated carbocycles. The number of hydrogen-bond donors (Lipinski definition) is 1. The van der Waals surface area contributed by atoms with Crippen LogP contribution in [0.4, 0.5) is 6.01 Å². The molecular formula is C13H14N4O3. The number of carbonyl (C=O) groups is 1. The Kier molecular flexibility index (Phi) is 3.32. The fourth-order valence-electron chi connectivity index (χ4n) is 2.44. The van der Waals surface area contributed by atoms with Crippen molar-refractivity contribution in [3.63, 3.8) is 0 Å². The maximum Gasteiger partial charge on any atom is 0.357 e. The van der Waals surface area contributed by atoms with Crippen molar-refractivity contribution in [1.82, 2.24) is 15.0 Å². The second kappa shape index (κ2) is 5.28. The molecule has 0 radical (unpaired) electrons. The number of anilines is 1. The maximum absolute atomic E-state index is 10.8. The van der Waals surface area contributed by atoms with E-state index < -0.39 is 5.97 Å². The first-order valence-electron chi connectivity index (χ1n) is 6.43. The van der Waals surface area contributed by atoms with Gasteiger partial charge in [-0.2, -0.15) is 4.98 Å². The van der Waals surface area contributed by atoms with E-state index in [1.807, 2.05) is 11.0 Å². The SMILES string of the molecule is O=C(O)c1coc(N2CCCC(c3ccncn3)C2)n1. The zero-order valence-electron chi connectivity index (χ0n) is 10.8. The Morgan fingerprint density at radius 1 is 1.50 bits per heavy atom. The Morgan fingerprint density at radius 2 is 2.40 bits per heavy atom. The van der Waals surface area contributed by atoms with E-state index in [2.05, 4.69) is 15.0 Å². The number of hydrogen-bond acceptors (Lipinski definition) is 6. The van der Waals surface area contributed by atoms with Gasteiger partial charge >= 0.3 is 5.97 Å². The molecule has 1 saturated heterocycles. The van der Waals surface area contributed by atoms with Gasteiger partial charge in [-0.1, -0.05) is 0 Å². The van der Waals surface area contributed by atoms with Gasteiger partial charge in [0.15, 0.2) is 5.69 Å². The zero-order valence-corrected chi connectivity index (χ0v) is 10.8. The van der Waals surface area contributed by atoms with Crippen LogP contribution < -0.4 is 4.90 Å². The van der Waals surface area contributed by atoms with Gasteiger partial charge in [-0.25, -0.2) is 14.8 Å². The minimum atomic E-state index is -1.08. The molecule has 1 fully saturated rings. The fraction of sp³-hybridized carbons (Fsp3) is 0.385. The van der Waals surface area contributed by atoms with Gasteiger partial charge in [-0.15, -0.1) is 0 Å². The normalized spacial score (nSPS) is 19.0. The summed E-state index contributed by atoms with van der Waals surface area (Å²) in [5.41, 5.74) is 0.930. The molecule has 0 aromatic carbocycles. The predicted molar refractivity (Wildman–Crippen MR) is 69.7 cm³/mol. The summed E-state index contributed by atoms with van der Waals surface area (Å²) in [6.45, 7) is 1.53. The molecule has 0 amide bonds. The van der Waals surface area contributed by atoms with Gasteiger partial charge in [0.1, 0.15) is 12.6 Å². The summed E-state index contributed by atoms with van der Waals surface area (Å²) >= 11 is 0. The molecule has 0 aliphatic carbocycles. The van der Waals surface area contributed by atoms with Crippen molar-refractivity contribution in [2.75, 3.05) is 18.0 Å². The number of aromatic carboxylic acids is 1. The van der Waals surface area contributed by atoms with Gasteiger partial charge in [0.25, 0.3) is 6.01 Å². The van der Waals surface area contributed by atoms with Crippen LogP contribution >= 0.6 is 0 Å². The Hall–Kier alpha value is -2.44. The van der Waals surface area contributed by atoms with Crippen LogP contribution in [-0.2, 0) is 0 Å². The molecule has 7 nitrogen and oxygen atoms in total. The monoisotopic (exact) mass is 274 g/mol. The van der Waals surface area contributed by atoms with Crippen molar-refractivity contribution < 1.29 is 14.3 Å². The molecule has 20 heavy (non-hydrogen) atoms. The Labute approximate surface area is 115 Å². The average molecular weight is 274 g/mol. The summed E-state index contributed by atoms with van der Waals surface area (Å²) in [5.74, 6) is -0.795. The smallest absolute Gasteiger partial charge is 0.357 e. The van der Waals surface area contributed by atoms with Crippen LogP contribution in [0.5, 0.6) is 0 Å². The molecule has 1 aliphatic rings. The maximum atomic E-state index is 10.8. The number of carboxylic acid groups (broad SMARTS) is 1. The molecule has 1 atom stereocenters. The molecular weight excluding hydrogens is 260 g/mol. The molecule has 0 spiro atoms. The number of aromatic nitrogens is 3. The van der Waals surface area contributed by atoms with Crippen LogP contribution in [0.2, 0.25) is 0 Å². The van der Waals surface area contributed by atoms with Crippen LogP contribution in [0.1, 0.15) is 34.9 Å². The highest BCUT2D eigenvalue weighted by Gasteiger charge is 2.25. The lowest BCUT2D eigenvalue weighted by molar-refractivity contribution is 0.0690. The molecule has 1 aliphatic heterocycles. The average Bonchev–Trinajstić information content (AvgIpc) is 2.98. The highest BCUT2D eigenvalue weighted by Crippen LogP contribution is 2.28. The predicted octanol–water partition coefficient (Wildman–Crippen LogP) is 1.55. The minimum Gasteiger partial charge on any atom is -0.476 e. The van der Waals surface area contributed by atoms with E-state index in [9.17, 15) is 4.79 Å². The van der Waals surface area contributed by atoms with Crippen LogP contribution in [0.3, 0.4) is 0 Å². The number of nitrogens with zero attached hydrogens (tertiary/aromatic N) is 4. The van der Waals surface area contributed by atoms with Gasteiger partial charge in [-0.05, 0) is 18.9 Å². The van der Waals surface area contributed by atoms with Crippen LogP contribution in [0.15, 0.2) is 29.3 Å². The summed E-state index contributed by atoms with van der Waals surface area (Å²) in [4.78, 5) is 25.0. The van der Waals surface area contributed by atoms with Gasteiger partial charge in [0.05, 0.1) is 0 Å². The molecule has 3 rings (SSSR count). The van der Waals surface area contributed by atoms with E-state index in [1.54, 1.807) is 12.5 Å². The quantitative estimate of drug-likeness (QED) is 0.907. The van der Waals surface area contributed by atoms with Gasteiger partial charge < -0.3 is 14.4 Å². The van der Waals surface area contributed by atoms with Crippen molar-refractivity contribution in [3.05, 3.63) is 36.2 Å². The van der Waals surface area contributed by atoms with E-state index in [0.717, 1.165) is 31.6 Å². The van der Waals surface area contributed by atoms with Gasteiger partial charge in [0, 0.05) is 30.9 Å². The van der Waals surface area contributed by atoms with E-state index in [-0.39, 0.29) is 11.6 Å². The summed E-state index contributed by atoms with van der Waals surface area (Å²) in [5, 5.41) is 8.87. The van der Waals surface area contributed by atoms with E-state index in [4.69, 9.17) is 9.52 Å². The lowest BCUT2D eigenvalue weighted by Crippen LogP contribution is -2.34. The molecule has 3 heterocycles. The van der Waals surface area contributed by atoms with Crippen LogP contribution in [0.25, 0.3) is 0 Å². The van der Waals surface area contributed by atoms with Crippen molar-refractivity contribution in [1.29, 1.82) is 0 Å². The Morgan fingerprint density at radius 3 is 3.10 bits per heavy atom. The highest BCUT2D eigenvalue weighted by molar-refractivity contribution is 5.85. The molecule has 1 N–H and O–H groups in total. The third-order valence-corrected chi connectivity index (χ3v) is 3.43. The van der Waals surface area contributed by atoms with Crippen molar-refractivity contribution in [2.24, 2.45) is 0 Å². The fourth-order valence-corrected chi connectivity index (χ4v) is 2.44. The highest BCUT2D eigenvalue weighted by atomic mass is 16.4. The minimum absolute atomic E-state index is 0.0656. The standard InChI is InChI=1S/C13H14N4O3/c18-12(19)11-7-20-13(16-11)17-5-1-2-9(6-17)10-3-4-14-8-15-10/h3-4,7-9H,1-2,5-6H2,(H,18,19). The summed E-state index contributed by atoms with van der Waals surface area (Å²) < 4.78 is 5.25. The zero-order chi connectivity index (χ0) is 13.9. The molecule has 2 aromatic rings. The molecule has 2 aromatic heterocycles. The lowest BCUT2D eigenvalue weighted by atomic mass is 9.95. The Bertz CT molecular complexity index is 599. The first kappa shape index (κ1) is 12.6. The number of oxazole rings is 1. The van der Waals surface area contributed by atoms with Gasteiger partial charge in [-0.3, -0.25) is 0 Å². The second-order valence-corrected chi connectivity index (χ2v) is 4.74. The van der Waals surface area contributed by atoms with E-state index >= 15 is 0 Å². The molecule has 104 valence electrons. The van der Waals surface area contributed by atoms with Crippen molar-refractivity contribution in [2.45, 2.75) is 18.8 Å². The summed E-state index contributed by atoms with van der Waals surface area (Å²) in [6.07, 6.45) is 6.47. The third kappa shape index (κ3) is 2.47. The van der Waals surface area contributed by atoms with Crippen LogP contribution in [-0.4, -0.2) is 39.1 Å². The van der Waals surface area contributed by atoms with E-state index in [1.165, 1.54) is 6.26 Å². The second-order valence-electron chi connectivity index (χ2n) is 4.74. The largest absolute Gasteiger partial charge is 0.476 e. The first-order chi connectivity index (χ1) is 9.74. The number of carboxylic acids is 1. The Balaban J connectivity index is 1.76. The number of rotatable bonds is 3. The summed E-state index contributed by atoms with van der Waals surface area (Å²) in [6, 6.07) is 2.27. The lowest BCUT2D eigenvalue weighted by Gasteiger charge is -2.31. The molecule has 7 heteroatoms.